The number of hydrogen-bond acceptors (Lipinski definition) is 7. The maximum absolute atomic E-state index is 13.0. The Kier molecular flexibility index (Phi) is 7.99. The number of nitrogens with one attached hydrogen (secondary N) is 2. The van der Waals surface area contributed by atoms with E-state index in [0.717, 1.165) is 12.0 Å². The lowest BCUT2D eigenvalue weighted by Crippen LogP contribution is -2.61. The van der Waals surface area contributed by atoms with Crippen molar-refractivity contribution in [3.8, 4) is 11.5 Å². The van der Waals surface area contributed by atoms with E-state index in [9.17, 15) is 19.8 Å². The first kappa shape index (κ1) is 26.5. The van der Waals surface area contributed by atoms with Crippen molar-refractivity contribution >= 4 is 12.0 Å². The summed E-state index contributed by atoms with van der Waals surface area (Å²) >= 11 is 0. The number of amides is 2. The average molecular weight is 505 g/mol. The van der Waals surface area contributed by atoms with Gasteiger partial charge in [-0.1, -0.05) is 26.8 Å². The van der Waals surface area contributed by atoms with E-state index < -0.39 is 23.7 Å². The minimum Gasteiger partial charge on any atom is -0.454 e. The number of carbonyl (C=O) groups excluding carboxylic acids is 2. The van der Waals surface area contributed by atoms with E-state index in [0.29, 0.717) is 50.3 Å². The molecule has 2 fully saturated rings. The zero-order valence-electron chi connectivity index (χ0n) is 21.5. The van der Waals surface area contributed by atoms with Gasteiger partial charge in [0.15, 0.2) is 11.5 Å². The number of alkyl carbamates (subject to hydrolysis) is 1. The zero-order valence-corrected chi connectivity index (χ0v) is 21.5. The molecule has 0 saturated heterocycles. The number of aliphatic hydroxyl groups is 2. The van der Waals surface area contributed by atoms with Crippen LogP contribution in [0.4, 0.5) is 4.79 Å². The molecule has 0 spiro atoms. The zero-order chi connectivity index (χ0) is 25.9. The molecule has 2 amide bonds. The summed E-state index contributed by atoms with van der Waals surface area (Å²) in [5.74, 6) is 0.993. The van der Waals surface area contributed by atoms with Crippen molar-refractivity contribution < 1.29 is 34.0 Å². The van der Waals surface area contributed by atoms with Gasteiger partial charge in [-0.15, -0.1) is 0 Å². The first-order chi connectivity index (χ1) is 17.2. The Balaban J connectivity index is 1.43. The van der Waals surface area contributed by atoms with Gasteiger partial charge in [-0.2, -0.15) is 0 Å². The Morgan fingerprint density at radius 3 is 2.67 bits per heavy atom. The van der Waals surface area contributed by atoms with Crippen molar-refractivity contribution in [2.24, 2.45) is 22.7 Å². The normalized spacial score (nSPS) is 32.9. The summed E-state index contributed by atoms with van der Waals surface area (Å²) in [6.07, 6.45) is 2.06. The fourth-order valence-corrected chi connectivity index (χ4v) is 6.70. The molecule has 1 aliphatic heterocycles. The molecule has 4 rings (SSSR count). The molecule has 6 atom stereocenters. The van der Waals surface area contributed by atoms with Crippen molar-refractivity contribution in [3.63, 3.8) is 0 Å². The minimum absolute atomic E-state index is 0.00258. The van der Waals surface area contributed by atoms with E-state index in [2.05, 4.69) is 17.6 Å². The van der Waals surface area contributed by atoms with Crippen LogP contribution in [0.2, 0.25) is 0 Å². The molecule has 3 aliphatic rings. The fraction of sp³-hybridized carbons (Fsp3) is 0.704. The molecule has 4 N–H and O–H groups in total. The Labute approximate surface area is 212 Å². The molecule has 0 bridgehead atoms. The largest absolute Gasteiger partial charge is 0.454 e. The van der Waals surface area contributed by atoms with Gasteiger partial charge in [0.05, 0.1) is 12.7 Å². The molecule has 1 heterocycles. The summed E-state index contributed by atoms with van der Waals surface area (Å²) in [6, 6.07) is 5.59. The van der Waals surface area contributed by atoms with Gasteiger partial charge >= 0.3 is 6.09 Å². The lowest BCUT2D eigenvalue weighted by molar-refractivity contribution is -0.186. The molecule has 1 aromatic carbocycles. The van der Waals surface area contributed by atoms with E-state index in [1.807, 2.05) is 32.0 Å². The third-order valence-corrected chi connectivity index (χ3v) is 8.78. The van der Waals surface area contributed by atoms with Crippen LogP contribution in [0.15, 0.2) is 18.2 Å². The molecule has 2 aliphatic carbocycles. The van der Waals surface area contributed by atoms with E-state index in [-0.39, 0.29) is 43.0 Å². The number of rotatable bonds is 8. The van der Waals surface area contributed by atoms with E-state index in [1.54, 1.807) is 0 Å². The molecule has 200 valence electrons. The van der Waals surface area contributed by atoms with Crippen LogP contribution in [0.1, 0.15) is 64.9 Å². The van der Waals surface area contributed by atoms with Crippen molar-refractivity contribution in [2.75, 3.05) is 19.9 Å². The van der Waals surface area contributed by atoms with Crippen molar-refractivity contribution in [1.82, 2.24) is 10.6 Å². The maximum atomic E-state index is 13.0. The topological polar surface area (TPSA) is 126 Å². The number of ether oxygens (including phenoxy) is 3. The maximum Gasteiger partial charge on any atom is 0.407 e. The SMILES string of the molecule is CCCNC(=O)O[C@@H]1CC[C@]2(C)[C@@H](CC[C@@H](O)[C@H]2CC(=O)NCc2ccc3c(c2)OCO3)[C@]1(C)CO. The van der Waals surface area contributed by atoms with Crippen LogP contribution in [0.3, 0.4) is 0 Å². The Bertz CT molecular complexity index is 956. The number of aliphatic hydroxyl groups excluding tert-OH is 2. The second kappa shape index (κ2) is 10.8. The highest BCUT2D eigenvalue weighted by Crippen LogP contribution is 2.61. The van der Waals surface area contributed by atoms with Crippen LogP contribution in [0, 0.1) is 22.7 Å². The van der Waals surface area contributed by atoms with E-state index in [1.165, 1.54) is 0 Å². The highest BCUT2D eigenvalue weighted by molar-refractivity contribution is 5.76. The van der Waals surface area contributed by atoms with Crippen LogP contribution >= 0.6 is 0 Å². The summed E-state index contributed by atoms with van der Waals surface area (Å²) in [5, 5.41) is 27.2. The quantitative estimate of drug-likeness (QED) is 0.428. The summed E-state index contributed by atoms with van der Waals surface area (Å²) in [6.45, 7) is 7.04. The predicted molar refractivity (Wildman–Crippen MR) is 132 cm³/mol. The van der Waals surface area contributed by atoms with Gasteiger partial charge in [-0.05, 0) is 67.1 Å². The van der Waals surface area contributed by atoms with Crippen molar-refractivity contribution in [1.29, 1.82) is 0 Å². The summed E-state index contributed by atoms with van der Waals surface area (Å²) in [5.41, 5.74) is -0.115. The molecular weight excluding hydrogens is 464 g/mol. The molecule has 0 radical (unpaired) electrons. The van der Waals surface area contributed by atoms with Gasteiger partial charge in [0, 0.05) is 24.9 Å². The van der Waals surface area contributed by atoms with Gasteiger partial charge < -0.3 is 35.1 Å². The lowest BCUT2D eigenvalue weighted by Gasteiger charge is -2.60. The highest BCUT2D eigenvalue weighted by atomic mass is 16.7. The fourth-order valence-electron chi connectivity index (χ4n) is 6.70. The van der Waals surface area contributed by atoms with Crippen LogP contribution in [-0.2, 0) is 16.1 Å². The highest BCUT2D eigenvalue weighted by Gasteiger charge is 2.60. The first-order valence-corrected chi connectivity index (χ1v) is 13.1. The second-order valence-electron chi connectivity index (χ2n) is 11.0. The third-order valence-electron chi connectivity index (χ3n) is 8.78. The number of hydrogen-bond donors (Lipinski definition) is 4. The van der Waals surface area contributed by atoms with Crippen LogP contribution in [-0.4, -0.2) is 54.4 Å². The molecule has 2 saturated carbocycles. The summed E-state index contributed by atoms with van der Waals surface area (Å²) in [4.78, 5) is 25.3. The van der Waals surface area contributed by atoms with Crippen molar-refractivity contribution in [3.05, 3.63) is 23.8 Å². The predicted octanol–water partition coefficient (Wildman–Crippen LogP) is 3.11. The summed E-state index contributed by atoms with van der Waals surface area (Å²) in [7, 11) is 0. The smallest absolute Gasteiger partial charge is 0.407 e. The third kappa shape index (κ3) is 5.13. The molecular formula is C27H40N2O7. The molecule has 0 unspecified atom stereocenters. The van der Waals surface area contributed by atoms with E-state index >= 15 is 0 Å². The van der Waals surface area contributed by atoms with Gasteiger partial charge in [0.1, 0.15) is 6.10 Å². The number of benzene rings is 1. The Morgan fingerprint density at radius 1 is 1.14 bits per heavy atom. The minimum atomic E-state index is -0.655. The monoisotopic (exact) mass is 504 g/mol. The summed E-state index contributed by atoms with van der Waals surface area (Å²) < 4.78 is 16.5. The number of fused-ring (bicyclic) bond motifs is 2. The molecule has 9 heteroatoms. The first-order valence-electron chi connectivity index (χ1n) is 13.1. The second-order valence-corrected chi connectivity index (χ2v) is 11.0. The Hall–Kier alpha value is -2.52. The van der Waals surface area contributed by atoms with Gasteiger partial charge in [0.2, 0.25) is 12.7 Å². The van der Waals surface area contributed by atoms with E-state index in [4.69, 9.17) is 14.2 Å². The van der Waals surface area contributed by atoms with Crippen LogP contribution in [0.25, 0.3) is 0 Å². The molecule has 9 nitrogen and oxygen atoms in total. The Morgan fingerprint density at radius 2 is 1.92 bits per heavy atom. The average Bonchev–Trinajstić information content (AvgIpc) is 3.33. The lowest BCUT2D eigenvalue weighted by atomic mass is 9.46. The molecule has 0 aromatic heterocycles. The molecule has 1 aromatic rings. The van der Waals surface area contributed by atoms with Gasteiger partial charge in [-0.25, -0.2) is 4.79 Å². The van der Waals surface area contributed by atoms with Crippen LogP contribution in [0.5, 0.6) is 11.5 Å². The standard InChI is InChI=1S/C27H40N2O7/c1-4-11-28-25(33)36-23-9-10-26(2)18(19(31)6-8-22(26)27(23,3)15-30)13-24(32)29-14-17-5-7-20-21(12-17)35-16-34-20/h5,7,12,18-19,22-23,30-31H,4,6,8-11,13-16H2,1-3H3,(H,28,33)(H,29,32)/t18-,19-,22-,23-,26+,27+/m1/s1. The number of carbonyl (C=O) groups is 2. The van der Waals surface area contributed by atoms with Gasteiger partial charge in [0.25, 0.3) is 0 Å². The van der Waals surface area contributed by atoms with Crippen molar-refractivity contribution in [2.45, 2.75) is 78.0 Å². The van der Waals surface area contributed by atoms with Gasteiger partial charge in [-0.3, -0.25) is 4.79 Å². The van der Waals surface area contributed by atoms with Crippen LogP contribution < -0.4 is 20.1 Å². The molecule has 36 heavy (non-hydrogen) atoms.